The first-order chi connectivity index (χ1) is 13.5. The van der Waals surface area contributed by atoms with E-state index in [1.165, 1.54) is 0 Å². The summed E-state index contributed by atoms with van der Waals surface area (Å²) in [6, 6.07) is 8.01. The maximum absolute atomic E-state index is 9.68. The number of nitrogens with zero attached hydrogens (tertiary/aromatic N) is 3. The zero-order chi connectivity index (χ0) is 19.5. The molecule has 2 aromatic heterocycles. The lowest BCUT2D eigenvalue weighted by Gasteiger charge is -2.20. The van der Waals surface area contributed by atoms with Crippen LogP contribution < -0.4 is 9.47 Å². The molecular weight excluding hydrogens is 374 g/mol. The molecule has 1 unspecified atom stereocenters. The fourth-order valence-corrected chi connectivity index (χ4v) is 4.80. The number of hydrogen-bond acceptors (Lipinski definition) is 7. The molecular formula is C21H19N3O3S. The average Bonchev–Trinajstić information content (AvgIpc) is 3.27. The molecule has 0 fully saturated rings. The van der Waals surface area contributed by atoms with Crippen molar-refractivity contribution in [2.75, 3.05) is 13.7 Å². The minimum atomic E-state index is -0.571. The number of aromatic nitrogens is 3. The largest absolute Gasteiger partial charge is 0.484 e. The van der Waals surface area contributed by atoms with E-state index in [2.05, 4.69) is 16.0 Å². The van der Waals surface area contributed by atoms with Gasteiger partial charge in [-0.1, -0.05) is 0 Å². The van der Waals surface area contributed by atoms with Crippen molar-refractivity contribution in [3.8, 4) is 22.2 Å². The van der Waals surface area contributed by atoms with Gasteiger partial charge in [0.15, 0.2) is 0 Å². The molecule has 3 heterocycles. The zero-order valence-corrected chi connectivity index (χ0v) is 16.6. The third-order valence-corrected chi connectivity index (χ3v) is 6.23. The van der Waals surface area contributed by atoms with Crippen LogP contribution in [0.4, 0.5) is 0 Å². The van der Waals surface area contributed by atoms with Crippen LogP contribution in [0.2, 0.25) is 0 Å². The molecule has 1 atom stereocenters. The van der Waals surface area contributed by atoms with E-state index >= 15 is 0 Å². The first-order valence-corrected chi connectivity index (χ1v) is 9.85. The smallest absolute Gasteiger partial charge is 0.232 e. The summed E-state index contributed by atoms with van der Waals surface area (Å²) in [5.74, 6) is 1.32. The molecule has 2 aromatic carbocycles. The molecule has 0 spiro atoms. The van der Waals surface area contributed by atoms with Gasteiger partial charge in [-0.2, -0.15) is 0 Å². The molecule has 28 heavy (non-hydrogen) atoms. The highest BCUT2D eigenvalue weighted by molar-refractivity contribution is 7.22. The quantitative estimate of drug-likeness (QED) is 0.569. The van der Waals surface area contributed by atoms with E-state index in [0.717, 1.165) is 48.7 Å². The van der Waals surface area contributed by atoms with Gasteiger partial charge in [-0.25, -0.2) is 15.0 Å². The molecule has 0 aliphatic carbocycles. The second-order valence-corrected chi connectivity index (χ2v) is 8.39. The molecule has 0 radical (unpaired) electrons. The van der Waals surface area contributed by atoms with Crippen LogP contribution >= 0.6 is 11.3 Å². The highest BCUT2D eigenvalue weighted by Crippen LogP contribution is 2.43. The Labute approximate surface area is 165 Å². The normalized spacial score (nSPS) is 18.4. The van der Waals surface area contributed by atoms with Crippen molar-refractivity contribution in [3.05, 3.63) is 41.6 Å². The number of methoxy groups -OCH3 is 1. The summed E-state index contributed by atoms with van der Waals surface area (Å²) in [5, 5.41) is 10.6. The molecule has 1 N–H and O–H groups in total. The van der Waals surface area contributed by atoms with Crippen LogP contribution in [0.3, 0.4) is 0 Å². The number of hydrogen-bond donors (Lipinski definition) is 1. The van der Waals surface area contributed by atoms with Crippen molar-refractivity contribution < 1.29 is 14.6 Å². The van der Waals surface area contributed by atoms with Crippen LogP contribution in [-0.2, 0) is 6.42 Å². The topological polar surface area (TPSA) is 77.4 Å². The maximum atomic E-state index is 9.68. The molecule has 0 bridgehead atoms. The SMILES string of the molecule is COc1cnc2c(-c3nc4ccc5c(c4s3)CC(C)(CO)O5)cc(C)cc2n1. The van der Waals surface area contributed by atoms with Gasteiger partial charge in [0.25, 0.3) is 0 Å². The summed E-state index contributed by atoms with van der Waals surface area (Å²) < 4.78 is 12.3. The summed E-state index contributed by atoms with van der Waals surface area (Å²) >= 11 is 1.63. The van der Waals surface area contributed by atoms with Gasteiger partial charge in [-0.15, -0.1) is 11.3 Å². The molecule has 5 rings (SSSR count). The van der Waals surface area contributed by atoms with E-state index in [-0.39, 0.29) is 6.61 Å². The molecule has 4 aromatic rings. The van der Waals surface area contributed by atoms with Crippen molar-refractivity contribution in [2.45, 2.75) is 25.9 Å². The van der Waals surface area contributed by atoms with Gasteiger partial charge in [0.1, 0.15) is 16.4 Å². The van der Waals surface area contributed by atoms with Crippen LogP contribution in [0.1, 0.15) is 18.1 Å². The highest BCUT2D eigenvalue weighted by Gasteiger charge is 2.36. The van der Waals surface area contributed by atoms with E-state index in [0.29, 0.717) is 12.3 Å². The average molecular weight is 393 g/mol. The minimum Gasteiger partial charge on any atom is -0.484 e. The van der Waals surface area contributed by atoms with Crippen molar-refractivity contribution in [3.63, 3.8) is 0 Å². The van der Waals surface area contributed by atoms with Crippen LogP contribution in [0.15, 0.2) is 30.5 Å². The third kappa shape index (κ3) is 2.62. The maximum Gasteiger partial charge on any atom is 0.232 e. The number of fused-ring (bicyclic) bond motifs is 4. The lowest BCUT2D eigenvalue weighted by atomic mass is 10.0. The van der Waals surface area contributed by atoms with Gasteiger partial charge < -0.3 is 14.6 Å². The molecule has 0 amide bonds. The van der Waals surface area contributed by atoms with Crippen LogP contribution in [0.5, 0.6) is 11.6 Å². The number of ether oxygens (including phenoxy) is 2. The molecule has 142 valence electrons. The first kappa shape index (κ1) is 17.3. The number of aliphatic hydroxyl groups excluding tert-OH is 1. The minimum absolute atomic E-state index is 0.0191. The van der Waals surface area contributed by atoms with E-state index < -0.39 is 5.60 Å². The number of benzene rings is 2. The van der Waals surface area contributed by atoms with Gasteiger partial charge >= 0.3 is 0 Å². The van der Waals surface area contributed by atoms with Crippen molar-refractivity contribution >= 4 is 32.6 Å². The zero-order valence-electron chi connectivity index (χ0n) is 15.8. The van der Waals surface area contributed by atoms with Gasteiger partial charge in [0.05, 0.1) is 41.2 Å². The van der Waals surface area contributed by atoms with E-state index in [1.54, 1.807) is 24.6 Å². The number of thiazole rings is 1. The standard InChI is InChI=1S/C21H19N3O3S/c1-11-6-12(18-15(7-11)23-17(26-3)9-22-18)20-24-14-4-5-16-13(19(14)28-20)8-21(2,10-25)27-16/h4-7,9,25H,8,10H2,1-3H3. The predicted molar refractivity (Wildman–Crippen MR) is 109 cm³/mol. The molecule has 6 nitrogen and oxygen atoms in total. The third-order valence-electron chi connectivity index (χ3n) is 5.07. The monoisotopic (exact) mass is 393 g/mol. The Balaban J connectivity index is 1.70. The summed E-state index contributed by atoms with van der Waals surface area (Å²) in [6.07, 6.45) is 2.30. The summed E-state index contributed by atoms with van der Waals surface area (Å²) in [5.41, 5.74) is 5.12. The van der Waals surface area contributed by atoms with Gasteiger partial charge in [-0.05, 0) is 43.7 Å². The number of rotatable bonds is 3. The van der Waals surface area contributed by atoms with Crippen LogP contribution in [-0.4, -0.2) is 39.4 Å². The Bertz CT molecular complexity index is 1240. The lowest BCUT2D eigenvalue weighted by molar-refractivity contribution is 0.0447. The predicted octanol–water partition coefficient (Wildman–Crippen LogP) is 3.91. The van der Waals surface area contributed by atoms with Crippen molar-refractivity contribution in [1.82, 2.24) is 15.0 Å². The summed E-state index contributed by atoms with van der Waals surface area (Å²) in [4.78, 5) is 14.0. The van der Waals surface area contributed by atoms with Gasteiger partial charge in [-0.3, -0.25) is 0 Å². The second kappa shape index (κ2) is 6.12. The van der Waals surface area contributed by atoms with Crippen molar-refractivity contribution in [1.29, 1.82) is 0 Å². The van der Waals surface area contributed by atoms with Crippen LogP contribution in [0.25, 0.3) is 31.8 Å². The van der Waals surface area contributed by atoms with Gasteiger partial charge in [0, 0.05) is 17.5 Å². The Kier molecular flexibility index (Phi) is 3.79. The lowest BCUT2D eigenvalue weighted by Crippen LogP contribution is -2.34. The fraction of sp³-hybridized carbons (Fsp3) is 0.286. The molecule has 7 heteroatoms. The second-order valence-electron chi connectivity index (χ2n) is 7.39. The Morgan fingerprint density at radius 3 is 2.89 bits per heavy atom. The number of aryl methyl sites for hydroxylation is 1. The first-order valence-electron chi connectivity index (χ1n) is 9.04. The van der Waals surface area contributed by atoms with Crippen LogP contribution in [0, 0.1) is 6.92 Å². The Hall–Kier alpha value is -2.77. The van der Waals surface area contributed by atoms with E-state index in [1.807, 2.05) is 32.0 Å². The molecule has 0 saturated carbocycles. The summed E-state index contributed by atoms with van der Waals surface area (Å²) in [7, 11) is 1.59. The van der Waals surface area contributed by atoms with Gasteiger partial charge in [0.2, 0.25) is 5.88 Å². The molecule has 1 aliphatic rings. The Morgan fingerprint density at radius 1 is 1.25 bits per heavy atom. The van der Waals surface area contributed by atoms with E-state index in [9.17, 15) is 5.11 Å². The number of aliphatic hydroxyl groups is 1. The fourth-order valence-electron chi connectivity index (χ4n) is 3.68. The van der Waals surface area contributed by atoms with E-state index in [4.69, 9.17) is 14.5 Å². The molecule has 0 saturated heterocycles. The summed E-state index contributed by atoms with van der Waals surface area (Å²) in [6.45, 7) is 3.95. The highest BCUT2D eigenvalue weighted by atomic mass is 32.1. The molecule has 1 aliphatic heterocycles. The Morgan fingerprint density at radius 2 is 2.11 bits per heavy atom. The van der Waals surface area contributed by atoms with Crippen molar-refractivity contribution in [2.24, 2.45) is 0 Å².